The highest BCUT2D eigenvalue weighted by molar-refractivity contribution is 5.93. The van der Waals surface area contributed by atoms with Crippen molar-refractivity contribution in [2.24, 2.45) is 0 Å². The third-order valence-electron chi connectivity index (χ3n) is 2.84. The Bertz CT molecular complexity index is 364. The normalized spacial score (nSPS) is 17.5. The van der Waals surface area contributed by atoms with Gasteiger partial charge < -0.3 is 10.6 Å². The maximum absolute atomic E-state index is 11.7. The highest BCUT2D eigenvalue weighted by Gasteiger charge is 2.15. The van der Waals surface area contributed by atoms with Gasteiger partial charge in [-0.15, -0.1) is 24.8 Å². The van der Waals surface area contributed by atoms with Crippen molar-refractivity contribution < 1.29 is 4.79 Å². The van der Waals surface area contributed by atoms with Crippen molar-refractivity contribution >= 4 is 30.7 Å². The maximum atomic E-state index is 11.7. The summed E-state index contributed by atoms with van der Waals surface area (Å²) in [6.45, 7) is 3.67. The molecule has 1 fully saturated rings. The zero-order valence-electron chi connectivity index (χ0n) is 10.3. The molecule has 1 atom stereocenters. The maximum Gasteiger partial charge on any atom is 0.252 e. The highest BCUT2D eigenvalue weighted by atomic mass is 35.5. The molecule has 0 radical (unpaired) electrons. The molecule has 4 nitrogen and oxygen atoms in total. The van der Waals surface area contributed by atoms with Crippen LogP contribution < -0.4 is 10.6 Å². The molecule has 2 N–H and O–H groups in total. The molecule has 2 heterocycles. The number of carbonyl (C=O) groups excluding carboxylic acids is 1. The minimum absolute atomic E-state index is 0. The Kier molecular flexibility index (Phi) is 7.91. The first-order valence-electron chi connectivity index (χ1n) is 5.70. The molecule has 1 amide bonds. The fourth-order valence-electron chi connectivity index (χ4n) is 1.85. The third-order valence-corrected chi connectivity index (χ3v) is 2.84. The van der Waals surface area contributed by atoms with Gasteiger partial charge in [0.25, 0.3) is 5.91 Å². The van der Waals surface area contributed by atoms with Gasteiger partial charge in [0, 0.05) is 24.5 Å². The van der Waals surface area contributed by atoms with E-state index in [1.165, 1.54) is 6.42 Å². The van der Waals surface area contributed by atoms with Crippen LogP contribution in [0.25, 0.3) is 0 Å². The van der Waals surface area contributed by atoms with Gasteiger partial charge in [0.1, 0.15) is 0 Å². The molecule has 1 aliphatic heterocycles. The molecule has 1 aromatic rings. The van der Waals surface area contributed by atoms with E-state index in [2.05, 4.69) is 15.6 Å². The summed E-state index contributed by atoms with van der Waals surface area (Å²) in [5.41, 5.74) is 1.55. The average Bonchev–Trinajstić information content (AvgIpc) is 2.80. The van der Waals surface area contributed by atoms with Crippen molar-refractivity contribution in [3.8, 4) is 0 Å². The molecule has 2 rings (SSSR count). The number of nitrogens with zero attached hydrogens (tertiary/aromatic N) is 1. The van der Waals surface area contributed by atoms with Crippen molar-refractivity contribution in [3.05, 3.63) is 29.6 Å². The predicted octanol–water partition coefficient (Wildman–Crippen LogP) is 1.72. The van der Waals surface area contributed by atoms with Gasteiger partial charge in [-0.3, -0.25) is 9.78 Å². The van der Waals surface area contributed by atoms with Crippen molar-refractivity contribution in [1.29, 1.82) is 0 Å². The zero-order valence-corrected chi connectivity index (χ0v) is 11.9. The third kappa shape index (κ3) is 4.80. The van der Waals surface area contributed by atoms with E-state index < -0.39 is 0 Å². The van der Waals surface area contributed by atoms with E-state index >= 15 is 0 Å². The SMILES string of the molecule is Cc1ccc(C(=O)NCC2CCCN2)cn1.Cl.Cl. The molecule has 0 bridgehead atoms. The van der Waals surface area contributed by atoms with Gasteiger partial charge >= 0.3 is 0 Å². The Morgan fingerprint density at radius 2 is 2.28 bits per heavy atom. The minimum atomic E-state index is -0.0406. The molecule has 1 aromatic heterocycles. The van der Waals surface area contributed by atoms with E-state index in [1.807, 2.05) is 13.0 Å². The number of halogens is 2. The van der Waals surface area contributed by atoms with Crippen LogP contribution in [0.4, 0.5) is 0 Å². The number of carbonyl (C=O) groups is 1. The van der Waals surface area contributed by atoms with E-state index in [9.17, 15) is 4.79 Å². The minimum Gasteiger partial charge on any atom is -0.350 e. The first-order chi connectivity index (χ1) is 7.75. The van der Waals surface area contributed by atoms with Crippen molar-refractivity contribution in [2.75, 3.05) is 13.1 Å². The van der Waals surface area contributed by atoms with E-state index in [4.69, 9.17) is 0 Å². The van der Waals surface area contributed by atoms with Crippen LogP contribution in [0, 0.1) is 6.92 Å². The molecule has 0 aliphatic carbocycles. The highest BCUT2D eigenvalue weighted by Crippen LogP contribution is 2.04. The Labute approximate surface area is 120 Å². The first-order valence-corrected chi connectivity index (χ1v) is 5.70. The second-order valence-electron chi connectivity index (χ2n) is 4.19. The van der Waals surface area contributed by atoms with Gasteiger partial charge in [-0.25, -0.2) is 0 Å². The van der Waals surface area contributed by atoms with Gasteiger partial charge in [0.2, 0.25) is 0 Å². The van der Waals surface area contributed by atoms with E-state index in [1.54, 1.807) is 12.3 Å². The van der Waals surface area contributed by atoms with Crippen molar-refractivity contribution in [2.45, 2.75) is 25.8 Å². The van der Waals surface area contributed by atoms with Crippen LogP contribution in [0.2, 0.25) is 0 Å². The first kappa shape index (κ1) is 17.2. The molecule has 1 unspecified atom stereocenters. The van der Waals surface area contributed by atoms with Crippen LogP contribution in [0.15, 0.2) is 18.3 Å². The van der Waals surface area contributed by atoms with Crippen LogP contribution in [0.3, 0.4) is 0 Å². The average molecular weight is 292 g/mol. The quantitative estimate of drug-likeness (QED) is 0.892. The molecule has 1 saturated heterocycles. The monoisotopic (exact) mass is 291 g/mol. The summed E-state index contributed by atoms with van der Waals surface area (Å²) in [5.74, 6) is -0.0406. The lowest BCUT2D eigenvalue weighted by atomic mass is 10.2. The topological polar surface area (TPSA) is 54.0 Å². The largest absolute Gasteiger partial charge is 0.350 e. The number of nitrogens with one attached hydrogen (secondary N) is 2. The van der Waals surface area contributed by atoms with Crippen LogP contribution in [-0.2, 0) is 0 Å². The summed E-state index contributed by atoms with van der Waals surface area (Å²) < 4.78 is 0. The second kappa shape index (κ2) is 8.29. The van der Waals surface area contributed by atoms with Crippen LogP contribution in [-0.4, -0.2) is 30.0 Å². The number of hydrogen-bond acceptors (Lipinski definition) is 3. The van der Waals surface area contributed by atoms with Gasteiger partial charge in [-0.2, -0.15) is 0 Å². The van der Waals surface area contributed by atoms with E-state index in [0.29, 0.717) is 18.2 Å². The lowest BCUT2D eigenvalue weighted by Gasteiger charge is -2.11. The number of pyridine rings is 1. The molecule has 102 valence electrons. The van der Waals surface area contributed by atoms with Crippen molar-refractivity contribution in [1.82, 2.24) is 15.6 Å². The van der Waals surface area contributed by atoms with Crippen LogP contribution in [0.5, 0.6) is 0 Å². The molecule has 18 heavy (non-hydrogen) atoms. The van der Waals surface area contributed by atoms with Crippen LogP contribution >= 0.6 is 24.8 Å². The Morgan fingerprint density at radius 1 is 1.50 bits per heavy atom. The fourth-order valence-corrected chi connectivity index (χ4v) is 1.85. The van der Waals surface area contributed by atoms with Gasteiger partial charge in [0.15, 0.2) is 0 Å². The molecule has 6 heteroatoms. The Balaban J connectivity index is 0.00000144. The number of amides is 1. The number of aromatic nitrogens is 1. The molecular weight excluding hydrogens is 273 g/mol. The van der Waals surface area contributed by atoms with E-state index in [-0.39, 0.29) is 30.7 Å². The smallest absolute Gasteiger partial charge is 0.252 e. The van der Waals surface area contributed by atoms with Gasteiger partial charge in [-0.05, 0) is 38.4 Å². The number of hydrogen-bond donors (Lipinski definition) is 2. The molecule has 0 saturated carbocycles. The lowest BCUT2D eigenvalue weighted by molar-refractivity contribution is 0.0950. The number of rotatable bonds is 3. The zero-order chi connectivity index (χ0) is 11.4. The Morgan fingerprint density at radius 3 is 2.83 bits per heavy atom. The summed E-state index contributed by atoms with van der Waals surface area (Å²) in [4.78, 5) is 15.8. The van der Waals surface area contributed by atoms with Crippen molar-refractivity contribution in [3.63, 3.8) is 0 Å². The summed E-state index contributed by atoms with van der Waals surface area (Å²) in [5, 5.41) is 6.26. The predicted molar refractivity (Wildman–Crippen MR) is 76.8 cm³/mol. The summed E-state index contributed by atoms with van der Waals surface area (Å²) in [6.07, 6.45) is 3.96. The second-order valence-corrected chi connectivity index (χ2v) is 4.19. The lowest BCUT2D eigenvalue weighted by Crippen LogP contribution is -2.37. The standard InChI is InChI=1S/C12H17N3O.2ClH/c1-9-4-5-10(7-14-9)12(16)15-8-11-3-2-6-13-11;;/h4-5,7,11,13H,2-3,6,8H2,1H3,(H,15,16);2*1H. The summed E-state index contributed by atoms with van der Waals surface area (Å²) in [7, 11) is 0. The molecule has 0 aromatic carbocycles. The van der Waals surface area contributed by atoms with Crippen LogP contribution in [0.1, 0.15) is 28.9 Å². The molecular formula is C12H19Cl2N3O. The van der Waals surface area contributed by atoms with Gasteiger partial charge in [0.05, 0.1) is 5.56 Å². The van der Waals surface area contributed by atoms with Gasteiger partial charge in [-0.1, -0.05) is 0 Å². The summed E-state index contributed by atoms with van der Waals surface area (Å²) >= 11 is 0. The Hall–Kier alpha value is -0.840. The van der Waals surface area contributed by atoms with E-state index in [0.717, 1.165) is 18.7 Å². The molecule has 1 aliphatic rings. The fraction of sp³-hybridized carbons (Fsp3) is 0.500. The summed E-state index contributed by atoms with van der Waals surface area (Å²) in [6, 6.07) is 4.09. The number of aryl methyl sites for hydroxylation is 1. The molecule has 0 spiro atoms.